The molecule has 0 fully saturated rings. The molecule has 0 aliphatic rings. The van der Waals surface area contributed by atoms with Crippen LogP contribution in [-0.2, 0) is 9.84 Å². The molecule has 9 heteroatoms. The molecule has 0 radical (unpaired) electrons. The fourth-order valence-electron chi connectivity index (χ4n) is 1.47. The summed E-state index contributed by atoms with van der Waals surface area (Å²) in [5.74, 6) is -0.599. The number of nitrogens with zero attached hydrogens (tertiary/aromatic N) is 2. The van der Waals surface area contributed by atoms with Crippen molar-refractivity contribution in [2.45, 2.75) is 11.8 Å². The number of carbonyl (C=O) groups is 1. The van der Waals surface area contributed by atoms with E-state index in [-0.39, 0.29) is 25.8 Å². The van der Waals surface area contributed by atoms with Gasteiger partial charge in [-0.05, 0) is 23.7 Å². The van der Waals surface area contributed by atoms with E-state index in [2.05, 4.69) is 15.5 Å². The van der Waals surface area contributed by atoms with E-state index in [9.17, 15) is 13.2 Å². The van der Waals surface area contributed by atoms with Crippen molar-refractivity contribution in [3.8, 4) is 0 Å². The van der Waals surface area contributed by atoms with Gasteiger partial charge in [-0.2, -0.15) is 0 Å². The third kappa shape index (κ3) is 3.14. The number of nitrogens with one attached hydrogen (secondary N) is 1. The molecule has 6 nitrogen and oxygen atoms in total. The summed E-state index contributed by atoms with van der Waals surface area (Å²) in [6.45, 7) is 1.54. The largest absolute Gasteiger partial charge is 0.319 e. The maximum atomic E-state index is 11.9. The maximum absolute atomic E-state index is 11.9. The number of amides is 1. The Balaban J connectivity index is 2.33. The average Bonchev–Trinajstić information content (AvgIpc) is 2.86. The van der Waals surface area contributed by atoms with Gasteiger partial charge in [0.1, 0.15) is 0 Å². The maximum Gasteiger partial charge on any atom is 0.286 e. The number of aromatic nitrogens is 2. The fourth-order valence-corrected chi connectivity index (χ4v) is 3.24. The molecule has 0 bridgehead atoms. The molecule has 0 aliphatic heterocycles. The van der Waals surface area contributed by atoms with E-state index in [4.69, 9.17) is 11.6 Å². The lowest BCUT2D eigenvalue weighted by Crippen LogP contribution is -2.15. The predicted molar refractivity (Wildman–Crippen MR) is 77.0 cm³/mol. The van der Waals surface area contributed by atoms with Crippen LogP contribution in [0.3, 0.4) is 0 Å². The molecule has 0 aliphatic carbocycles. The second-order valence-electron chi connectivity index (χ2n) is 3.71. The molecule has 2 aromatic rings. The zero-order valence-corrected chi connectivity index (χ0v) is 12.7. The van der Waals surface area contributed by atoms with Crippen molar-refractivity contribution in [1.29, 1.82) is 0 Å². The number of rotatable bonds is 4. The topological polar surface area (TPSA) is 89.0 Å². The third-order valence-electron chi connectivity index (χ3n) is 2.44. The summed E-state index contributed by atoms with van der Waals surface area (Å²) in [7, 11) is -3.42. The summed E-state index contributed by atoms with van der Waals surface area (Å²) in [4.78, 5) is 12.0. The Morgan fingerprint density at radius 3 is 2.65 bits per heavy atom. The van der Waals surface area contributed by atoms with Crippen molar-refractivity contribution in [3.63, 3.8) is 0 Å². The first-order chi connectivity index (χ1) is 9.44. The van der Waals surface area contributed by atoms with Crippen LogP contribution in [0.15, 0.2) is 29.2 Å². The highest BCUT2D eigenvalue weighted by Gasteiger charge is 2.19. The van der Waals surface area contributed by atoms with Gasteiger partial charge in [-0.3, -0.25) is 4.79 Å². The Labute approximate surface area is 124 Å². The molecule has 0 spiro atoms. The number of benzene rings is 1. The van der Waals surface area contributed by atoms with Crippen LogP contribution in [0, 0.1) is 0 Å². The van der Waals surface area contributed by atoms with Crippen LogP contribution >= 0.6 is 22.9 Å². The van der Waals surface area contributed by atoms with Crippen molar-refractivity contribution < 1.29 is 13.2 Å². The second kappa shape index (κ2) is 5.86. The van der Waals surface area contributed by atoms with E-state index in [1.165, 1.54) is 12.1 Å². The van der Waals surface area contributed by atoms with E-state index in [1.807, 2.05) is 0 Å². The molecule has 0 saturated heterocycles. The van der Waals surface area contributed by atoms with Crippen molar-refractivity contribution >= 4 is 44.4 Å². The molecule has 0 unspecified atom stereocenters. The van der Waals surface area contributed by atoms with Gasteiger partial charge in [0.2, 0.25) is 9.47 Å². The van der Waals surface area contributed by atoms with Gasteiger partial charge in [-0.25, -0.2) is 8.42 Å². The molecular formula is C11H10ClN3O3S2. The van der Waals surface area contributed by atoms with Crippen LogP contribution in [-0.4, -0.2) is 30.3 Å². The van der Waals surface area contributed by atoms with Crippen LogP contribution in [0.4, 0.5) is 5.69 Å². The summed E-state index contributed by atoms with van der Waals surface area (Å²) >= 11 is 6.52. The van der Waals surface area contributed by atoms with Gasteiger partial charge in [0, 0.05) is 0 Å². The van der Waals surface area contributed by atoms with Gasteiger partial charge in [0.25, 0.3) is 5.91 Å². The minimum absolute atomic E-state index is 0.0511. The minimum Gasteiger partial charge on any atom is -0.319 e. The van der Waals surface area contributed by atoms with Gasteiger partial charge in [0.05, 0.1) is 16.3 Å². The Morgan fingerprint density at radius 2 is 2.05 bits per heavy atom. The van der Waals surface area contributed by atoms with Gasteiger partial charge < -0.3 is 5.32 Å². The molecule has 0 saturated carbocycles. The van der Waals surface area contributed by atoms with Gasteiger partial charge in [0.15, 0.2) is 9.84 Å². The Kier molecular flexibility index (Phi) is 4.36. The number of hydrogen-bond donors (Lipinski definition) is 1. The van der Waals surface area contributed by atoms with E-state index in [0.29, 0.717) is 0 Å². The monoisotopic (exact) mass is 331 g/mol. The smallest absolute Gasteiger partial charge is 0.286 e. The predicted octanol–water partition coefficient (Wildman–Crippen LogP) is 2.24. The van der Waals surface area contributed by atoms with Crippen molar-refractivity contribution in [2.24, 2.45) is 0 Å². The highest BCUT2D eigenvalue weighted by molar-refractivity contribution is 7.91. The van der Waals surface area contributed by atoms with Crippen LogP contribution in [0.1, 0.15) is 16.7 Å². The third-order valence-corrected chi connectivity index (χ3v) is 5.25. The Bertz CT molecular complexity index is 743. The molecule has 1 amide bonds. The number of carbonyl (C=O) groups excluding carboxylic acids is 1. The SMILES string of the molecule is CCS(=O)(=O)c1ccccc1NC(=O)c1nnc(Cl)s1. The zero-order valence-electron chi connectivity index (χ0n) is 10.3. The van der Waals surface area contributed by atoms with Crippen LogP contribution in [0.5, 0.6) is 0 Å². The van der Waals surface area contributed by atoms with Crippen molar-refractivity contribution in [2.75, 3.05) is 11.1 Å². The van der Waals surface area contributed by atoms with E-state index < -0.39 is 15.7 Å². The highest BCUT2D eigenvalue weighted by Crippen LogP contribution is 2.23. The Morgan fingerprint density at radius 1 is 1.35 bits per heavy atom. The Hall–Kier alpha value is -1.51. The first-order valence-electron chi connectivity index (χ1n) is 5.56. The summed E-state index contributed by atoms with van der Waals surface area (Å²) in [6, 6.07) is 6.20. The second-order valence-corrected chi connectivity index (χ2v) is 7.52. The lowest BCUT2D eigenvalue weighted by atomic mass is 10.3. The molecule has 2 rings (SSSR count). The average molecular weight is 332 g/mol. The summed E-state index contributed by atoms with van der Waals surface area (Å²) in [6.07, 6.45) is 0. The van der Waals surface area contributed by atoms with Gasteiger partial charge in [-0.15, -0.1) is 10.2 Å². The quantitative estimate of drug-likeness (QED) is 0.928. The standard InChI is InChI=1S/C11H10ClN3O3S2/c1-2-20(17,18)8-6-4-3-5-7(8)13-9(16)10-14-15-11(12)19-10/h3-6H,2H2,1H3,(H,13,16). The van der Waals surface area contributed by atoms with Crippen molar-refractivity contribution in [3.05, 3.63) is 33.7 Å². The van der Waals surface area contributed by atoms with Crippen LogP contribution in [0.25, 0.3) is 0 Å². The van der Waals surface area contributed by atoms with E-state index >= 15 is 0 Å². The number of hydrogen-bond acceptors (Lipinski definition) is 6. The molecule has 1 N–H and O–H groups in total. The summed E-state index contributed by atoms with van der Waals surface area (Å²) < 4.78 is 24.0. The molecule has 106 valence electrons. The van der Waals surface area contributed by atoms with Crippen LogP contribution < -0.4 is 5.32 Å². The van der Waals surface area contributed by atoms with Crippen molar-refractivity contribution in [1.82, 2.24) is 10.2 Å². The first-order valence-corrected chi connectivity index (χ1v) is 8.41. The lowest BCUT2D eigenvalue weighted by molar-refractivity contribution is 0.102. The number of sulfone groups is 1. The highest BCUT2D eigenvalue weighted by atomic mass is 35.5. The number of halogens is 1. The summed E-state index contributed by atoms with van der Waals surface area (Å²) in [5.41, 5.74) is 0.214. The molecular weight excluding hydrogens is 322 g/mol. The number of anilines is 1. The molecule has 1 heterocycles. The fraction of sp³-hybridized carbons (Fsp3) is 0.182. The lowest BCUT2D eigenvalue weighted by Gasteiger charge is -2.09. The van der Waals surface area contributed by atoms with Gasteiger partial charge in [-0.1, -0.05) is 30.4 Å². The molecule has 1 aromatic heterocycles. The molecule has 1 aromatic carbocycles. The summed E-state index contributed by atoms with van der Waals surface area (Å²) in [5, 5.41) is 9.70. The van der Waals surface area contributed by atoms with Crippen LogP contribution in [0.2, 0.25) is 4.47 Å². The normalized spacial score (nSPS) is 11.3. The van der Waals surface area contributed by atoms with Gasteiger partial charge >= 0.3 is 0 Å². The van der Waals surface area contributed by atoms with E-state index in [1.54, 1.807) is 19.1 Å². The first kappa shape index (κ1) is 14.9. The van der Waals surface area contributed by atoms with E-state index in [0.717, 1.165) is 11.3 Å². The number of para-hydroxylation sites is 1. The molecule has 0 atom stereocenters. The zero-order chi connectivity index (χ0) is 14.8. The minimum atomic E-state index is -3.42. The molecule has 20 heavy (non-hydrogen) atoms.